The van der Waals surface area contributed by atoms with E-state index in [2.05, 4.69) is 70.2 Å². The molecule has 0 aliphatic heterocycles. The van der Waals surface area contributed by atoms with Gasteiger partial charge >= 0.3 is 0 Å². The first-order valence-corrected chi connectivity index (χ1v) is 10.6. The molecule has 0 unspecified atom stereocenters. The van der Waals surface area contributed by atoms with Gasteiger partial charge in [-0.15, -0.1) is 0 Å². The third kappa shape index (κ3) is 2.63. The summed E-state index contributed by atoms with van der Waals surface area (Å²) in [5.74, 6) is 0. The Hall–Kier alpha value is -3.59. The van der Waals surface area contributed by atoms with Gasteiger partial charge in [-0.1, -0.05) is 45.0 Å². The van der Waals surface area contributed by atoms with Crippen LogP contribution in [0.3, 0.4) is 0 Å². The van der Waals surface area contributed by atoms with E-state index in [0.29, 0.717) is 0 Å². The molecule has 0 amide bonds. The first-order chi connectivity index (χ1) is 14.9. The molecule has 3 heteroatoms. The number of hydrogen-bond donors (Lipinski definition) is 0. The topological polar surface area (TPSA) is 39.2 Å². The fourth-order valence-corrected chi connectivity index (χ4v) is 4.70. The van der Waals surface area contributed by atoms with Crippen LogP contribution >= 0.6 is 0 Å². The summed E-state index contributed by atoms with van der Waals surface area (Å²) < 4.78 is 12.2. The Bertz CT molecular complexity index is 1630. The van der Waals surface area contributed by atoms with Gasteiger partial charge in [0.05, 0.1) is 11.6 Å². The molecule has 0 fully saturated rings. The van der Waals surface area contributed by atoms with Crippen molar-refractivity contribution in [3.63, 3.8) is 0 Å². The Morgan fingerprint density at radius 1 is 0.839 bits per heavy atom. The predicted molar refractivity (Wildman–Crippen MR) is 128 cm³/mol. The van der Waals surface area contributed by atoms with Crippen molar-refractivity contribution >= 4 is 43.7 Å². The quantitative estimate of drug-likeness (QED) is 0.277. The minimum Gasteiger partial charge on any atom is -0.464 e. The minimum atomic E-state index is 0.0114. The highest BCUT2D eigenvalue weighted by Gasteiger charge is 2.21. The number of rotatable bonds is 1. The van der Waals surface area contributed by atoms with E-state index in [-0.39, 0.29) is 5.41 Å². The lowest BCUT2D eigenvalue weighted by atomic mass is 9.82. The molecule has 0 saturated carbocycles. The summed E-state index contributed by atoms with van der Waals surface area (Å²) in [6.07, 6.45) is 3.67. The smallest absolute Gasteiger partial charge is 0.161 e. The number of hydrogen-bond acceptors (Lipinski definition) is 3. The number of furan rings is 2. The molecule has 31 heavy (non-hydrogen) atoms. The first kappa shape index (κ1) is 18.2. The van der Waals surface area contributed by atoms with Crippen LogP contribution in [0, 0.1) is 6.92 Å². The number of fused-ring (bicyclic) bond motifs is 6. The normalized spacial score (nSPS) is 12.5. The largest absolute Gasteiger partial charge is 0.464 e. The molecule has 0 radical (unpaired) electrons. The van der Waals surface area contributed by atoms with Gasteiger partial charge in [0.15, 0.2) is 5.58 Å². The zero-order valence-electron chi connectivity index (χ0n) is 18.1. The average Bonchev–Trinajstić information content (AvgIpc) is 3.32. The number of aryl methyl sites for hydroxylation is 1. The number of aromatic nitrogens is 1. The Balaban J connectivity index is 1.71. The molecule has 0 aliphatic carbocycles. The molecule has 6 aromatic rings. The van der Waals surface area contributed by atoms with E-state index in [1.54, 1.807) is 6.26 Å². The van der Waals surface area contributed by atoms with E-state index in [1.807, 2.05) is 18.3 Å². The van der Waals surface area contributed by atoms with E-state index in [0.717, 1.165) is 49.7 Å². The van der Waals surface area contributed by atoms with Gasteiger partial charge in [0.2, 0.25) is 0 Å². The van der Waals surface area contributed by atoms with E-state index in [4.69, 9.17) is 13.8 Å². The van der Waals surface area contributed by atoms with Crippen LogP contribution in [0.4, 0.5) is 0 Å². The number of nitrogens with zero attached hydrogens (tertiary/aromatic N) is 1. The molecule has 0 atom stereocenters. The number of pyridine rings is 1. The van der Waals surface area contributed by atoms with Gasteiger partial charge in [0, 0.05) is 22.5 Å². The van der Waals surface area contributed by atoms with Crippen molar-refractivity contribution in [2.45, 2.75) is 33.1 Å². The van der Waals surface area contributed by atoms with E-state index < -0.39 is 0 Å². The van der Waals surface area contributed by atoms with Crippen molar-refractivity contribution in [3.05, 3.63) is 78.2 Å². The summed E-state index contributed by atoms with van der Waals surface area (Å²) in [6, 6.07) is 19.2. The Kier molecular flexibility index (Phi) is 3.64. The molecular formula is C28H23NO2. The lowest BCUT2D eigenvalue weighted by Gasteiger charge is -2.22. The lowest BCUT2D eigenvalue weighted by Crippen LogP contribution is -2.12. The van der Waals surface area contributed by atoms with Crippen molar-refractivity contribution in [1.29, 1.82) is 0 Å². The van der Waals surface area contributed by atoms with Crippen LogP contribution in [0.15, 0.2) is 75.9 Å². The van der Waals surface area contributed by atoms with Gasteiger partial charge in [-0.25, -0.2) is 0 Å². The fourth-order valence-electron chi connectivity index (χ4n) is 4.70. The molecule has 0 spiro atoms. The minimum absolute atomic E-state index is 0.0114. The molecule has 3 aromatic heterocycles. The molecule has 152 valence electrons. The van der Waals surface area contributed by atoms with Gasteiger partial charge in [0.1, 0.15) is 16.9 Å². The van der Waals surface area contributed by atoms with E-state index >= 15 is 0 Å². The molecule has 0 aliphatic rings. The second-order valence-corrected chi connectivity index (χ2v) is 9.37. The maximum atomic E-state index is 6.51. The SMILES string of the molecule is Cc1coc2ccc3c4ccnc(-c5cc(C(C)(C)C)c6ccccc6c5)c4oc3c12. The molecule has 3 nitrogen and oxygen atoms in total. The van der Waals surface area contributed by atoms with Gasteiger partial charge in [0.25, 0.3) is 0 Å². The van der Waals surface area contributed by atoms with Crippen LogP contribution in [0.1, 0.15) is 31.9 Å². The van der Waals surface area contributed by atoms with Gasteiger partial charge < -0.3 is 8.83 Å². The maximum absolute atomic E-state index is 6.51. The Morgan fingerprint density at radius 2 is 1.65 bits per heavy atom. The highest BCUT2D eigenvalue weighted by molar-refractivity contribution is 6.16. The van der Waals surface area contributed by atoms with Gasteiger partial charge in [-0.3, -0.25) is 4.98 Å². The summed E-state index contributed by atoms with van der Waals surface area (Å²) >= 11 is 0. The third-order valence-corrected chi connectivity index (χ3v) is 6.22. The summed E-state index contributed by atoms with van der Waals surface area (Å²) in [5, 5.41) is 5.70. The summed E-state index contributed by atoms with van der Waals surface area (Å²) in [5.41, 5.74) is 6.88. The maximum Gasteiger partial charge on any atom is 0.161 e. The third-order valence-electron chi connectivity index (χ3n) is 6.22. The standard InChI is InChI=1S/C28H23NO2/c1-16-15-30-23-10-9-20-21-11-12-29-25(27(21)31-26(20)24(16)23)18-13-17-7-5-6-8-19(17)22(14-18)28(2,3)4/h5-15H,1-4H3. The van der Waals surface area contributed by atoms with Crippen LogP contribution in [0.25, 0.3) is 54.9 Å². The highest BCUT2D eigenvalue weighted by atomic mass is 16.3. The molecule has 0 bridgehead atoms. The zero-order valence-corrected chi connectivity index (χ0v) is 18.1. The average molecular weight is 405 g/mol. The van der Waals surface area contributed by atoms with Gasteiger partial charge in [-0.2, -0.15) is 0 Å². The second kappa shape index (κ2) is 6.21. The van der Waals surface area contributed by atoms with E-state index in [9.17, 15) is 0 Å². The van der Waals surface area contributed by atoms with Crippen molar-refractivity contribution in [3.8, 4) is 11.3 Å². The van der Waals surface area contributed by atoms with Crippen molar-refractivity contribution in [2.75, 3.05) is 0 Å². The van der Waals surface area contributed by atoms with Crippen LogP contribution in [0.5, 0.6) is 0 Å². The Morgan fingerprint density at radius 3 is 2.48 bits per heavy atom. The predicted octanol–water partition coefficient (Wildman–Crippen LogP) is 8.15. The summed E-state index contributed by atoms with van der Waals surface area (Å²) in [4.78, 5) is 4.78. The molecule has 3 heterocycles. The van der Waals surface area contributed by atoms with Crippen molar-refractivity contribution in [1.82, 2.24) is 4.98 Å². The summed E-state index contributed by atoms with van der Waals surface area (Å²) in [7, 11) is 0. The molecular weight excluding hydrogens is 382 g/mol. The molecule has 0 saturated heterocycles. The van der Waals surface area contributed by atoms with Crippen LogP contribution in [-0.4, -0.2) is 4.98 Å². The fraction of sp³-hybridized carbons (Fsp3) is 0.179. The van der Waals surface area contributed by atoms with Crippen molar-refractivity contribution < 1.29 is 8.83 Å². The lowest BCUT2D eigenvalue weighted by molar-refractivity contribution is 0.596. The van der Waals surface area contributed by atoms with Crippen molar-refractivity contribution in [2.24, 2.45) is 0 Å². The molecule has 6 rings (SSSR count). The molecule has 0 N–H and O–H groups in total. The monoisotopic (exact) mass is 405 g/mol. The summed E-state index contributed by atoms with van der Waals surface area (Å²) in [6.45, 7) is 8.82. The van der Waals surface area contributed by atoms with Crippen LogP contribution in [0.2, 0.25) is 0 Å². The zero-order chi connectivity index (χ0) is 21.3. The first-order valence-electron chi connectivity index (χ1n) is 10.6. The Labute approximate surface area is 180 Å². The number of benzene rings is 3. The highest BCUT2D eigenvalue weighted by Crippen LogP contribution is 2.41. The van der Waals surface area contributed by atoms with Crippen LogP contribution < -0.4 is 0 Å². The van der Waals surface area contributed by atoms with Crippen LogP contribution in [-0.2, 0) is 5.41 Å². The van der Waals surface area contributed by atoms with E-state index in [1.165, 1.54) is 16.3 Å². The second-order valence-electron chi connectivity index (χ2n) is 9.37. The molecule has 3 aromatic carbocycles. The van der Waals surface area contributed by atoms with Gasteiger partial charge in [-0.05, 0) is 64.6 Å².